The summed E-state index contributed by atoms with van der Waals surface area (Å²) in [5, 5.41) is 19.1. The summed E-state index contributed by atoms with van der Waals surface area (Å²) < 4.78 is 1.91. The molecule has 3 rings (SSSR count). The second kappa shape index (κ2) is 11.7. The third-order valence-corrected chi connectivity index (χ3v) is 5.71. The van der Waals surface area contributed by atoms with Gasteiger partial charge in [0.25, 0.3) is 0 Å². The first kappa shape index (κ1) is 21.5. The predicted molar refractivity (Wildman–Crippen MR) is 120 cm³/mol. The van der Waals surface area contributed by atoms with Crippen LogP contribution in [-0.2, 0) is 6.42 Å². The minimum absolute atomic E-state index is 0.226. The quantitative estimate of drug-likeness (QED) is 0.349. The van der Waals surface area contributed by atoms with E-state index < -0.39 is 0 Å². The van der Waals surface area contributed by atoms with Gasteiger partial charge >= 0.3 is 0 Å². The van der Waals surface area contributed by atoms with Gasteiger partial charge in [-0.2, -0.15) is 0 Å². The molecule has 0 saturated carbocycles. The Morgan fingerprint density at radius 1 is 0.828 bits per heavy atom. The molecule has 1 atom stereocenters. The molecule has 4 heteroatoms. The molecule has 156 valence electrons. The molecule has 0 bridgehead atoms. The van der Waals surface area contributed by atoms with E-state index in [9.17, 15) is 5.11 Å². The molecule has 1 aromatic heterocycles. The number of aryl methyl sites for hydroxylation is 1. The van der Waals surface area contributed by atoms with Crippen molar-refractivity contribution < 1.29 is 5.11 Å². The lowest BCUT2D eigenvalue weighted by Crippen LogP contribution is -2.09. The molecule has 3 aromatic rings. The first-order valence-corrected chi connectivity index (χ1v) is 11.4. The maximum absolute atomic E-state index is 10.4. The van der Waals surface area contributed by atoms with E-state index in [2.05, 4.69) is 35.4 Å². The Hall–Kier alpha value is -2.20. The van der Waals surface area contributed by atoms with Gasteiger partial charge in [0.1, 0.15) is 5.52 Å². The fourth-order valence-electron chi connectivity index (χ4n) is 3.96. The summed E-state index contributed by atoms with van der Waals surface area (Å²) in [5.41, 5.74) is 4.18. The van der Waals surface area contributed by atoms with Crippen molar-refractivity contribution in [2.75, 3.05) is 0 Å². The van der Waals surface area contributed by atoms with Crippen LogP contribution in [0.3, 0.4) is 0 Å². The second-order valence-electron chi connectivity index (χ2n) is 8.07. The average Bonchev–Trinajstić information content (AvgIpc) is 3.18. The zero-order chi connectivity index (χ0) is 20.3. The highest BCUT2D eigenvalue weighted by atomic mass is 16.3. The Bertz CT molecular complexity index is 858. The summed E-state index contributed by atoms with van der Waals surface area (Å²) in [5.74, 6) is 0. The van der Waals surface area contributed by atoms with Crippen molar-refractivity contribution in [2.45, 2.75) is 83.7 Å². The summed E-state index contributed by atoms with van der Waals surface area (Å²) in [4.78, 5) is 0. The van der Waals surface area contributed by atoms with E-state index >= 15 is 0 Å². The van der Waals surface area contributed by atoms with E-state index in [0.717, 1.165) is 42.4 Å². The van der Waals surface area contributed by atoms with Gasteiger partial charge in [0.05, 0.1) is 17.3 Å². The van der Waals surface area contributed by atoms with Crippen LogP contribution in [0.1, 0.15) is 76.7 Å². The average molecular weight is 394 g/mol. The molecule has 1 heterocycles. The van der Waals surface area contributed by atoms with E-state index in [-0.39, 0.29) is 6.10 Å². The summed E-state index contributed by atoms with van der Waals surface area (Å²) in [6.07, 6.45) is 12.8. The van der Waals surface area contributed by atoms with Crippen molar-refractivity contribution in [3.05, 3.63) is 54.1 Å². The fourth-order valence-corrected chi connectivity index (χ4v) is 3.96. The molecule has 4 nitrogen and oxygen atoms in total. The highest BCUT2D eigenvalue weighted by molar-refractivity contribution is 5.76. The second-order valence-corrected chi connectivity index (χ2v) is 8.07. The number of nitrogens with zero attached hydrogens (tertiary/aromatic N) is 3. The van der Waals surface area contributed by atoms with Gasteiger partial charge in [0, 0.05) is 0 Å². The van der Waals surface area contributed by atoms with Crippen molar-refractivity contribution in [1.82, 2.24) is 15.0 Å². The smallest absolute Gasteiger partial charge is 0.113 e. The maximum Gasteiger partial charge on any atom is 0.113 e. The zero-order valence-electron chi connectivity index (χ0n) is 17.8. The summed E-state index contributed by atoms with van der Waals surface area (Å²) in [6, 6.07) is 16.3. The molecule has 29 heavy (non-hydrogen) atoms. The van der Waals surface area contributed by atoms with Gasteiger partial charge in [-0.25, -0.2) is 4.68 Å². The van der Waals surface area contributed by atoms with Crippen molar-refractivity contribution >= 4 is 11.0 Å². The SMILES string of the molecule is CCCCCCCCCCC(O)CCc1ccccc1-n1nnc2ccccc21. The number of aliphatic hydroxyl groups is 1. The van der Waals surface area contributed by atoms with Gasteiger partial charge in [-0.1, -0.05) is 93.8 Å². The number of rotatable bonds is 13. The summed E-state index contributed by atoms with van der Waals surface area (Å²) >= 11 is 0. The van der Waals surface area contributed by atoms with E-state index in [0.29, 0.717) is 0 Å². The minimum Gasteiger partial charge on any atom is -0.393 e. The number of hydrogen-bond acceptors (Lipinski definition) is 3. The molecule has 0 saturated heterocycles. The molecule has 1 unspecified atom stereocenters. The molecule has 0 radical (unpaired) electrons. The van der Waals surface area contributed by atoms with Crippen LogP contribution in [0.5, 0.6) is 0 Å². The van der Waals surface area contributed by atoms with E-state index in [1.165, 1.54) is 50.5 Å². The van der Waals surface area contributed by atoms with Crippen LogP contribution in [0.4, 0.5) is 0 Å². The standard InChI is InChI=1S/C25H35N3O/c1-2-3-4-5-6-7-8-9-15-22(29)20-19-21-14-10-12-17-24(21)28-25-18-13-11-16-23(25)26-27-28/h10-14,16-18,22,29H,2-9,15,19-20H2,1H3. The largest absolute Gasteiger partial charge is 0.393 e. The van der Waals surface area contributed by atoms with E-state index in [4.69, 9.17) is 0 Å². The van der Waals surface area contributed by atoms with Crippen molar-refractivity contribution in [3.63, 3.8) is 0 Å². The van der Waals surface area contributed by atoms with Crippen molar-refractivity contribution in [3.8, 4) is 5.69 Å². The Morgan fingerprint density at radius 3 is 2.34 bits per heavy atom. The van der Waals surface area contributed by atoms with Gasteiger partial charge in [0.2, 0.25) is 0 Å². The molecule has 0 aliphatic carbocycles. The van der Waals surface area contributed by atoms with Gasteiger partial charge in [-0.3, -0.25) is 0 Å². The highest BCUT2D eigenvalue weighted by Crippen LogP contribution is 2.21. The summed E-state index contributed by atoms with van der Waals surface area (Å²) in [7, 11) is 0. The predicted octanol–water partition coefficient (Wildman–Crippen LogP) is 6.24. The van der Waals surface area contributed by atoms with Crippen molar-refractivity contribution in [2.24, 2.45) is 0 Å². The molecule has 0 aliphatic rings. The van der Waals surface area contributed by atoms with Gasteiger partial charge in [-0.05, 0) is 43.0 Å². The van der Waals surface area contributed by atoms with Crippen LogP contribution in [0.2, 0.25) is 0 Å². The maximum atomic E-state index is 10.4. The first-order chi connectivity index (χ1) is 14.3. The van der Waals surface area contributed by atoms with Crippen LogP contribution < -0.4 is 0 Å². The third kappa shape index (κ3) is 6.40. The van der Waals surface area contributed by atoms with E-state index in [1.807, 2.05) is 35.0 Å². The lowest BCUT2D eigenvalue weighted by atomic mass is 10.0. The molecular formula is C25H35N3O. The van der Waals surface area contributed by atoms with Crippen LogP contribution in [0.15, 0.2) is 48.5 Å². The number of aromatic nitrogens is 3. The molecule has 0 aliphatic heterocycles. The molecule has 2 aromatic carbocycles. The lowest BCUT2D eigenvalue weighted by Gasteiger charge is -2.13. The molecule has 0 amide bonds. The first-order valence-electron chi connectivity index (χ1n) is 11.4. The topological polar surface area (TPSA) is 50.9 Å². The normalized spacial score (nSPS) is 12.5. The van der Waals surface area contributed by atoms with Crippen LogP contribution in [-0.4, -0.2) is 26.2 Å². The van der Waals surface area contributed by atoms with Crippen LogP contribution in [0.25, 0.3) is 16.7 Å². The Balaban J connectivity index is 1.47. The van der Waals surface area contributed by atoms with Crippen molar-refractivity contribution in [1.29, 1.82) is 0 Å². The number of unbranched alkanes of at least 4 members (excludes halogenated alkanes) is 7. The number of hydrogen-bond donors (Lipinski definition) is 1. The van der Waals surface area contributed by atoms with Crippen LogP contribution >= 0.6 is 0 Å². The highest BCUT2D eigenvalue weighted by Gasteiger charge is 2.11. The zero-order valence-corrected chi connectivity index (χ0v) is 17.8. The fraction of sp³-hybridized carbons (Fsp3) is 0.520. The third-order valence-electron chi connectivity index (χ3n) is 5.71. The Kier molecular flexibility index (Phi) is 8.69. The van der Waals surface area contributed by atoms with E-state index in [1.54, 1.807) is 0 Å². The molecule has 0 fully saturated rings. The van der Waals surface area contributed by atoms with Gasteiger partial charge in [-0.15, -0.1) is 5.10 Å². The monoisotopic (exact) mass is 393 g/mol. The number of fused-ring (bicyclic) bond motifs is 1. The number of para-hydroxylation sites is 2. The molecule has 1 N–H and O–H groups in total. The molecular weight excluding hydrogens is 358 g/mol. The Morgan fingerprint density at radius 2 is 1.52 bits per heavy atom. The number of aliphatic hydroxyl groups excluding tert-OH is 1. The van der Waals surface area contributed by atoms with Gasteiger partial charge in [0.15, 0.2) is 0 Å². The minimum atomic E-state index is -0.226. The lowest BCUT2D eigenvalue weighted by molar-refractivity contribution is 0.151. The van der Waals surface area contributed by atoms with Gasteiger partial charge < -0.3 is 5.11 Å². The summed E-state index contributed by atoms with van der Waals surface area (Å²) in [6.45, 7) is 2.26. The van der Waals surface area contributed by atoms with Crippen LogP contribution in [0, 0.1) is 0 Å². The molecule has 0 spiro atoms. The number of benzene rings is 2. The Labute approximate surface area is 175 Å².